The predicted octanol–water partition coefficient (Wildman–Crippen LogP) is 3.43. The standard InChI is InChI=1S/C14H15BrClNO3/c1-2-14(13(19)20)5-6-17(8-14)12(18)9-3-4-11(16)10(15)7-9/h3-4,7H,2,5-6,8H2,1H3,(H,19,20). The molecule has 0 aromatic heterocycles. The van der Waals surface area contributed by atoms with Gasteiger partial charge in [-0.05, 0) is 47.0 Å². The molecule has 1 aromatic rings. The fraction of sp³-hybridized carbons (Fsp3) is 0.429. The fourth-order valence-corrected chi connectivity index (χ4v) is 2.97. The van der Waals surface area contributed by atoms with E-state index < -0.39 is 11.4 Å². The highest BCUT2D eigenvalue weighted by atomic mass is 79.9. The van der Waals surface area contributed by atoms with Crippen molar-refractivity contribution >= 4 is 39.4 Å². The molecule has 1 unspecified atom stereocenters. The minimum absolute atomic E-state index is 0.154. The molecule has 108 valence electrons. The molecule has 0 saturated carbocycles. The third-order valence-electron chi connectivity index (χ3n) is 3.94. The van der Waals surface area contributed by atoms with Gasteiger partial charge in [-0.3, -0.25) is 9.59 Å². The van der Waals surface area contributed by atoms with Crippen molar-refractivity contribution < 1.29 is 14.7 Å². The number of likely N-dealkylation sites (tertiary alicyclic amines) is 1. The van der Waals surface area contributed by atoms with Crippen LogP contribution in [0.25, 0.3) is 0 Å². The van der Waals surface area contributed by atoms with Crippen LogP contribution in [-0.4, -0.2) is 35.0 Å². The van der Waals surface area contributed by atoms with Gasteiger partial charge in [0.15, 0.2) is 0 Å². The highest BCUT2D eigenvalue weighted by Gasteiger charge is 2.44. The Labute approximate surface area is 130 Å². The van der Waals surface area contributed by atoms with Crippen LogP contribution >= 0.6 is 27.5 Å². The number of amides is 1. The van der Waals surface area contributed by atoms with Crippen LogP contribution in [0, 0.1) is 5.41 Å². The van der Waals surface area contributed by atoms with Crippen LogP contribution in [0.3, 0.4) is 0 Å². The van der Waals surface area contributed by atoms with Gasteiger partial charge < -0.3 is 10.0 Å². The van der Waals surface area contributed by atoms with Crippen molar-refractivity contribution in [3.63, 3.8) is 0 Å². The molecule has 1 N–H and O–H groups in total. The van der Waals surface area contributed by atoms with Crippen molar-refractivity contribution in [2.75, 3.05) is 13.1 Å². The molecule has 6 heteroatoms. The Morgan fingerprint density at radius 1 is 1.50 bits per heavy atom. The fourth-order valence-electron chi connectivity index (χ4n) is 2.47. The molecule has 0 spiro atoms. The lowest BCUT2D eigenvalue weighted by Gasteiger charge is -2.23. The van der Waals surface area contributed by atoms with Crippen LogP contribution in [-0.2, 0) is 4.79 Å². The molecular formula is C14H15BrClNO3. The van der Waals surface area contributed by atoms with E-state index in [2.05, 4.69) is 15.9 Å². The highest BCUT2D eigenvalue weighted by Crippen LogP contribution is 2.35. The molecule has 2 rings (SSSR count). The topological polar surface area (TPSA) is 57.6 Å². The molecule has 1 heterocycles. The van der Waals surface area contributed by atoms with E-state index in [9.17, 15) is 14.7 Å². The van der Waals surface area contributed by atoms with E-state index in [4.69, 9.17) is 11.6 Å². The summed E-state index contributed by atoms with van der Waals surface area (Å²) < 4.78 is 0.657. The summed E-state index contributed by atoms with van der Waals surface area (Å²) in [5.41, 5.74) is -0.294. The molecule has 1 aliphatic heterocycles. The first-order valence-corrected chi connectivity index (χ1v) is 7.54. The van der Waals surface area contributed by atoms with Gasteiger partial charge in [-0.2, -0.15) is 0 Å². The maximum Gasteiger partial charge on any atom is 0.311 e. The Bertz CT molecular complexity index is 563. The minimum atomic E-state index is -0.826. The number of nitrogens with zero attached hydrogens (tertiary/aromatic N) is 1. The number of halogens is 2. The molecule has 1 atom stereocenters. The second-order valence-corrected chi connectivity index (χ2v) is 6.31. The Morgan fingerprint density at radius 3 is 2.70 bits per heavy atom. The first-order chi connectivity index (χ1) is 9.39. The zero-order valence-corrected chi connectivity index (χ0v) is 13.4. The molecule has 1 amide bonds. The first-order valence-electron chi connectivity index (χ1n) is 6.37. The number of carbonyl (C=O) groups excluding carboxylic acids is 1. The van der Waals surface area contributed by atoms with Crippen molar-refractivity contribution in [1.29, 1.82) is 0 Å². The maximum atomic E-state index is 12.4. The summed E-state index contributed by atoms with van der Waals surface area (Å²) in [7, 11) is 0. The summed E-state index contributed by atoms with van der Waals surface area (Å²) in [6.07, 6.45) is 1.02. The molecular weight excluding hydrogens is 346 g/mol. The van der Waals surface area contributed by atoms with Gasteiger partial charge in [0, 0.05) is 23.1 Å². The predicted molar refractivity (Wildman–Crippen MR) is 80.0 cm³/mol. The second kappa shape index (κ2) is 5.74. The number of hydrogen-bond acceptors (Lipinski definition) is 2. The summed E-state index contributed by atoms with van der Waals surface area (Å²) in [6.45, 7) is 2.58. The number of benzene rings is 1. The number of aliphatic carboxylic acids is 1. The van der Waals surface area contributed by atoms with Gasteiger partial charge in [0.2, 0.25) is 0 Å². The molecule has 0 radical (unpaired) electrons. The summed E-state index contributed by atoms with van der Waals surface area (Å²) >= 11 is 9.19. The normalized spacial score (nSPS) is 22.1. The average molecular weight is 361 g/mol. The van der Waals surface area contributed by atoms with Crippen molar-refractivity contribution in [2.24, 2.45) is 5.41 Å². The van der Waals surface area contributed by atoms with Crippen LogP contribution in [0.5, 0.6) is 0 Å². The monoisotopic (exact) mass is 359 g/mol. The maximum absolute atomic E-state index is 12.4. The Kier molecular flexibility index (Phi) is 4.39. The van der Waals surface area contributed by atoms with E-state index in [-0.39, 0.29) is 12.5 Å². The number of carbonyl (C=O) groups is 2. The molecule has 1 aliphatic rings. The Morgan fingerprint density at radius 2 is 2.20 bits per heavy atom. The largest absolute Gasteiger partial charge is 0.481 e. The smallest absolute Gasteiger partial charge is 0.311 e. The van der Waals surface area contributed by atoms with Gasteiger partial charge >= 0.3 is 5.97 Å². The second-order valence-electron chi connectivity index (χ2n) is 5.04. The summed E-state index contributed by atoms with van der Waals surface area (Å²) in [5, 5.41) is 9.89. The van der Waals surface area contributed by atoms with E-state index in [1.54, 1.807) is 23.1 Å². The molecule has 20 heavy (non-hydrogen) atoms. The summed E-state index contributed by atoms with van der Waals surface area (Å²) in [5.74, 6) is -0.980. The number of rotatable bonds is 3. The van der Waals surface area contributed by atoms with E-state index >= 15 is 0 Å². The molecule has 1 fully saturated rings. The molecule has 1 aromatic carbocycles. The number of carboxylic acids is 1. The zero-order valence-electron chi connectivity index (χ0n) is 11.0. The van der Waals surface area contributed by atoms with Crippen LogP contribution in [0.15, 0.2) is 22.7 Å². The van der Waals surface area contributed by atoms with E-state index in [1.807, 2.05) is 6.92 Å². The lowest BCUT2D eigenvalue weighted by atomic mass is 9.84. The Balaban J connectivity index is 2.19. The van der Waals surface area contributed by atoms with Gasteiger partial charge in [-0.15, -0.1) is 0 Å². The van der Waals surface area contributed by atoms with Crippen molar-refractivity contribution in [3.05, 3.63) is 33.3 Å². The van der Waals surface area contributed by atoms with Crippen LogP contribution in [0.4, 0.5) is 0 Å². The lowest BCUT2D eigenvalue weighted by Crippen LogP contribution is -2.36. The number of hydrogen-bond donors (Lipinski definition) is 1. The van der Waals surface area contributed by atoms with Crippen LogP contribution in [0.2, 0.25) is 5.02 Å². The van der Waals surface area contributed by atoms with E-state index in [0.29, 0.717) is 34.4 Å². The zero-order chi connectivity index (χ0) is 14.9. The third-order valence-corrected chi connectivity index (χ3v) is 5.15. The van der Waals surface area contributed by atoms with Crippen LogP contribution < -0.4 is 0 Å². The lowest BCUT2D eigenvalue weighted by molar-refractivity contribution is -0.148. The van der Waals surface area contributed by atoms with E-state index in [1.165, 1.54) is 0 Å². The Hall–Kier alpha value is -1.07. The summed E-state index contributed by atoms with van der Waals surface area (Å²) in [4.78, 5) is 25.4. The van der Waals surface area contributed by atoms with Crippen molar-refractivity contribution in [1.82, 2.24) is 4.90 Å². The average Bonchev–Trinajstić information content (AvgIpc) is 2.87. The number of carboxylic acid groups (broad SMARTS) is 1. The third kappa shape index (κ3) is 2.69. The molecule has 0 aliphatic carbocycles. The van der Waals surface area contributed by atoms with Gasteiger partial charge in [-0.1, -0.05) is 18.5 Å². The SMILES string of the molecule is CCC1(C(=O)O)CCN(C(=O)c2ccc(Cl)c(Br)c2)C1. The minimum Gasteiger partial charge on any atom is -0.481 e. The van der Waals surface area contributed by atoms with Crippen LogP contribution in [0.1, 0.15) is 30.1 Å². The quantitative estimate of drug-likeness (QED) is 0.898. The molecule has 0 bridgehead atoms. The first kappa shape index (κ1) is 15.3. The van der Waals surface area contributed by atoms with Gasteiger partial charge in [-0.25, -0.2) is 0 Å². The van der Waals surface area contributed by atoms with Gasteiger partial charge in [0.1, 0.15) is 0 Å². The molecule has 4 nitrogen and oxygen atoms in total. The van der Waals surface area contributed by atoms with Gasteiger partial charge in [0.05, 0.1) is 10.4 Å². The summed E-state index contributed by atoms with van der Waals surface area (Å²) in [6, 6.07) is 4.97. The molecule has 1 saturated heterocycles. The van der Waals surface area contributed by atoms with Crippen molar-refractivity contribution in [3.8, 4) is 0 Å². The highest BCUT2D eigenvalue weighted by molar-refractivity contribution is 9.10. The van der Waals surface area contributed by atoms with Crippen molar-refractivity contribution in [2.45, 2.75) is 19.8 Å². The van der Waals surface area contributed by atoms with Gasteiger partial charge in [0.25, 0.3) is 5.91 Å². The van der Waals surface area contributed by atoms with E-state index in [0.717, 1.165) is 0 Å².